The zero-order chi connectivity index (χ0) is 28.7. The van der Waals surface area contributed by atoms with Crippen LogP contribution in [0.5, 0.6) is 28.7 Å². The monoisotopic (exact) mass is 552 g/mol. The fourth-order valence-electron chi connectivity index (χ4n) is 4.86. The van der Waals surface area contributed by atoms with Crippen LogP contribution in [0.4, 0.5) is 0 Å². The SMILES string of the molecule is CCCCC/C=C\C/C=C\CCCCCCCC(=O)OC1Cc2c(O)cc(O)cc2OC1c1ccc(O)c(O)c1. The zero-order valence-electron chi connectivity index (χ0n) is 23.6. The maximum absolute atomic E-state index is 12.7. The molecule has 1 heterocycles. The first-order valence-corrected chi connectivity index (χ1v) is 14.6. The number of allylic oxidation sites excluding steroid dienone is 4. The van der Waals surface area contributed by atoms with E-state index >= 15 is 0 Å². The predicted octanol–water partition coefficient (Wildman–Crippen LogP) is 7.91. The maximum Gasteiger partial charge on any atom is 0.306 e. The Morgan fingerprint density at radius 1 is 0.850 bits per heavy atom. The lowest BCUT2D eigenvalue weighted by Crippen LogP contribution is -2.34. The number of phenols is 4. The molecule has 7 heteroatoms. The summed E-state index contributed by atoms with van der Waals surface area (Å²) in [7, 11) is 0. The number of carbonyl (C=O) groups excluding carboxylic acids is 1. The highest BCUT2D eigenvalue weighted by Gasteiger charge is 2.36. The number of rotatable bonds is 16. The number of esters is 1. The van der Waals surface area contributed by atoms with Gasteiger partial charge in [-0.15, -0.1) is 0 Å². The summed E-state index contributed by atoms with van der Waals surface area (Å²) in [4.78, 5) is 12.7. The molecular formula is C33H44O7. The Morgan fingerprint density at radius 3 is 2.27 bits per heavy atom. The molecule has 0 aliphatic carbocycles. The van der Waals surface area contributed by atoms with Gasteiger partial charge in [0, 0.05) is 36.1 Å². The van der Waals surface area contributed by atoms with Gasteiger partial charge in [-0.1, -0.05) is 69.4 Å². The van der Waals surface area contributed by atoms with Gasteiger partial charge in [-0.3, -0.25) is 4.79 Å². The quantitative estimate of drug-likeness (QED) is 0.0723. The largest absolute Gasteiger partial charge is 0.508 e. The van der Waals surface area contributed by atoms with Gasteiger partial charge in [-0.25, -0.2) is 0 Å². The van der Waals surface area contributed by atoms with Gasteiger partial charge in [0.2, 0.25) is 0 Å². The molecule has 0 radical (unpaired) electrons. The lowest BCUT2D eigenvalue weighted by molar-refractivity contribution is -0.155. The first kappa shape index (κ1) is 30.9. The van der Waals surface area contributed by atoms with E-state index in [0.717, 1.165) is 44.9 Å². The summed E-state index contributed by atoms with van der Waals surface area (Å²) in [6.45, 7) is 2.22. The molecule has 2 aromatic rings. The van der Waals surface area contributed by atoms with E-state index in [9.17, 15) is 25.2 Å². The molecule has 0 aromatic heterocycles. The third-order valence-corrected chi connectivity index (χ3v) is 7.11. The second-order valence-electron chi connectivity index (χ2n) is 10.4. The van der Waals surface area contributed by atoms with Crippen LogP contribution in [0.1, 0.15) is 101 Å². The van der Waals surface area contributed by atoms with Crippen molar-refractivity contribution in [3.8, 4) is 28.7 Å². The van der Waals surface area contributed by atoms with E-state index in [1.807, 2.05) is 0 Å². The summed E-state index contributed by atoms with van der Waals surface area (Å²) < 4.78 is 11.8. The molecule has 4 N–H and O–H groups in total. The summed E-state index contributed by atoms with van der Waals surface area (Å²) >= 11 is 0. The van der Waals surface area contributed by atoms with Crippen LogP contribution in [0.15, 0.2) is 54.6 Å². The molecule has 7 nitrogen and oxygen atoms in total. The van der Waals surface area contributed by atoms with E-state index < -0.39 is 12.2 Å². The molecule has 1 aliphatic rings. The van der Waals surface area contributed by atoms with Crippen LogP contribution in [0.3, 0.4) is 0 Å². The minimum absolute atomic E-state index is 0.142. The van der Waals surface area contributed by atoms with Gasteiger partial charge in [0.05, 0.1) is 0 Å². The van der Waals surface area contributed by atoms with E-state index in [1.54, 1.807) is 6.07 Å². The van der Waals surface area contributed by atoms with Gasteiger partial charge in [0.15, 0.2) is 17.6 Å². The van der Waals surface area contributed by atoms with Crippen molar-refractivity contribution >= 4 is 5.97 Å². The van der Waals surface area contributed by atoms with E-state index in [4.69, 9.17) is 9.47 Å². The topological polar surface area (TPSA) is 116 Å². The molecule has 2 unspecified atom stereocenters. The van der Waals surface area contributed by atoms with Crippen molar-refractivity contribution < 1.29 is 34.7 Å². The molecule has 218 valence electrons. The van der Waals surface area contributed by atoms with Gasteiger partial charge >= 0.3 is 5.97 Å². The number of fused-ring (bicyclic) bond motifs is 1. The number of unbranched alkanes of at least 4 members (excludes halogenated alkanes) is 8. The van der Waals surface area contributed by atoms with Gasteiger partial charge in [0.25, 0.3) is 0 Å². The third kappa shape index (κ3) is 9.85. The summed E-state index contributed by atoms with van der Waals surface area (Å²) in [5.41, 5.74) is 0.936. The molecule has 1 aliphatic heterocycles. The van der Waals surface area contributed by atoms with Crippen LogP contribution >= 0.6 is 0 Å². The lowest BCUT2D eigenvalue weighted by atomic mass is 9.93. The molecule has 0 spiro atoms. The highest BCUT2D eigenvalue weighted by molar-refractivity contribution is 5.69. The first-order chi connectivity index (χ1) is 19.4. The number of hydrogen-bond donors (Lipinski definition) is 4. The predicted molar refractivity (Wildman–Crippen MR) is 156 cm³/mol. The Bertz CT molecular complexity index is 1140. The fraction of sp³-hybridized carbons (Fsp3) is 0.485. The van der Waals surface area contributed by atoms with E-state index in [2.05, 4.69) is 31.2 Å². The first-order valence-electron chi connectivity index (χ1n) is 14.6. The summed E-state index contributed by atoms with van der Waals surface area (Å²) in [5, 5.41) is 39.9. The van der Waals surface area contributed by atoms with Crippen LogP contribution in [-0.2, 0) is 16.0 Å². The van der Waals surface area contributed by atoms with Crippen LogP contribution in [0.25, 0.3) is 0 Å². The molecule has 3 rings (SSSR count). The molecule has 0 saturated carbocycles. The second kappa shape index (κ2) is 16.5. The highest BCUT2D eigenvalue weighted by atomic mass is 16.6. The molecule has 40 heavy (non-hydrogen) atoms. The highest BCUT2D eigenvalue weighted by Crippen LogP contribution is 2.43. The van der Waals surface area contributed by atoms with Crippen molar-refractivity contribution in [3.63, 3.8) is 0 Å². The average Bonchev–Trinajstić information content (AvgIpc) is 2.92. The smallest absolute Gasteiger partial charge is 0.306 e. The average molecular weight is 553 g/mol. The second-order valence-corrected chi connectivity index (χ2v) is 10.4. The number of benzene rings is 2. The summed E-state index contributed by atoms with van der Waals surface area (Å²) in [6.07, 6.45) is 20.0. The van der Waals surface area contributed by atoms with Gasteiger partial charge < -0.3 is 29.9 Å². The van der Waals surface area contributed by atoms with Gasteiger partial charge in [-0.05, 0) is 50.7 Å². The maximum atomic E-state index is 12.7. The Labute approximate surface area is 237 Å². The van der Waals surface area contributed by atoms with Crippen LogP contribution in [-0.4, -0.2) is 32.5 Å². The van der Waals surface area contributed by atoms with Crippen molar-refractivity contribution in [2.75, 3.05) is 0 Å². The van der Waals surface area contributed by atoms with Crippen LogP contribution in [0.2, 0.25) is 0 Å². The number of carbonyl (C=O) groups is 1. The number of ether oxygens (including phenoxy) is 2. The third-order valence-electron chi connectivity index (χ3n) is 7.11. The minimum Gasteiger partial charge on any atom is -0.508 e. The van der Waals surface area contributed by atoms with Gasteiger partial charge in [-0.2, -0.15) is 0 Å². The number of hydrogen-bond acceptors (Lipinski definition) is 7. The van der Waals surface area contributed by atoms with Gasteiger partial charge in [0.1, 0.15) is 23.4 Å². The summed E-state index contributed by atoms with van der Waals surface area (Å²) in [6, 6.07) is 6.88. The molecule has 2 aromatic carbocycles. The molecule has 0 amide bonds. The minimum atomic E-state index is -0.784. The van der Waals surface area contributed by atoms with Crippen molar-refractivity contribution in [3.05, 3.63) is 65.8 Å². The molecule has 0 fully saturated rings. The Hall–Kier alpha value is -3.61. The van der Waals surface area contributed by atoms with Crippen LogP contribution in [0, 0.1) is 0 Å². The lowest BCUT2D eigenvalue weighted by Gasteiger charge is -2.34. The normalized spacial score (nSPS) is 16.7. The molecule has 0 bridgehead atoms. The van der Waals surface area contributed by atoms with Crippen molar-refractivity contribution in [2.45, 2.75) is 103 Å². The zero-order valence-corrected chi connectivity index (χ0v) is 23.6. The van der Waals surface area contributed by atoms with E-state index in [0.29, 0.717) is 11.1 Å². The summed E-state index contributed by atoms with van der Waals surface area (Å²) in [5.74, 6) is -0.965. The molecule has 2 atom stereocenters. The molecule has 0 saturated heterocycles. The number of phenolic OH excluding ortho intramolecular Hbond substituents is 4. The van der Waals surface area contributed by atoms with Crippen molar-refractivity contribution in [1.29, 1.82) is 0 Å². The Kier molecular flexibility index (Phi) is 12.7. The van der Waals surface area contributed by atoms with Crippen molar-refractivity contribution in [1.82, 2.24) is 0 Å². The molecular weight excluding hydrogens is 508 g/mol. The van der Waals surface area contributed by atoms with Crippen molar-refractivity contribution in [2.24, 2.45) is 0 Å². The van der Waals surface area contributed by atoms with E-state index in [1.165, 1.54) is 49.9 Å². The van der Waals surface area contributed by atoms with Crippen LogP contribution < -0.4 is 4.74 Å². The standard InChI is InChI=1S/C33H44O7/c1-2-3-4-5-6-7-8-9-10-11-12-13-14-15-16-17-32(38)39-31-23-26-28(36)21-25(34)22-30(26)40-33(31)24-18-19-27(35)29(37)20-24/h6-7,9-10,18-22,31,33-37H,2-5,8,11-17,23H2,1H3/b7-6-,10-9-. The fourth-order valence-corrected chi connectivity index (χ4v) is 4.86. The number of aromatic hydroxyl groups is 4. The van der Waals surface area contributed by atoms with E-state index in [-0.39, 0.29) is 47.6 Å². The Morgan fingerprint density at radius 2 is 1.55 bits per heavy atom. The Balaban J connectivity index is 1.41.